The molecule has 0 atom stereocenters. The van der Waals surface area contributed by atoms with Crippen molar-refractivity contribution >= 4 is 51.6 Å². The van der Waals surface area contributed by atoms with E-state index in [-0.39, 0.29) is 10.7 Å². The number of imidazole rings is 1. The predicted octanol–water partition coefficient (Wildman–Crippen LogP) is 5.03. The van der Waals surface area contributed by atoms with Crippen molar-refractivity contribution < 1.29 is 14.3 Å². The molecule has 4 rings (SSSR count). The Labute approximate surface area is 194 Å². The fourth-order valence-corrected chi connectivity index (χ4v) is 3.60. The molecular formula is C23H19ClN4O3S. The van der Waals surface area contributed by atoms with Crippen LogP contribution in [0.25, 0.3) is 22.4 Å². The number of ether oxygens (including phenoxy) is 2. The van der Waals surface area contributed by atoms with E-state index in [2.05, 4.69) is 20.6 Å². The smallest absolute Gasteiger partial charge is 0.261 e. The summed E-state index contributed by atoms with van der Waals surface area (Å²) in [6.45, 7) is 0. The molecule has 1 heterocycles. The molecule has 0 radical (unpaired) electrons. The van der Waals surface area contributed by atoms with Crippen LogP contribution in [0.4, 0.5) is 5.69 Å². The van der Waals surface area contributed by atoms with Gasteiger partial charge < -0.3 is 19.8 Å². The van der Waals surface area contributed by atoms with Gasteiger partial charge in [0.2, 0.25) is 0 Å². The van der Waals surface area contributed by atoms with Crippen molar-refractivity contribution in [2.75, 3.05) is 19.5 Å². The number of methoxy groups -OCH3 is 2. The summed E-state index contributed by atoms with van der Waals surface area (Å²) in [7, 11) is 3.03. The first kappa shape index (κ1) is 21.6. The molecule has 4 aromatic rings. The van der Waals surface area contributed by atoms with Gasteiger partial charge in [-0.2, -0.15) is 0 Å². The van der Waals surface area contributed by atoms with Crippen molar-refractivity contribution in [2.45, 2.75) is 0 Å². The van der Waals surface area contributed by atoms with Crippen LogP contribution >= 0.6 is 23.8 Å². The van der Waals surface area contributed by atoms with Gasteiger partial charge >= 0.3 is 0 Å². The number of H-pyrrole nitrogens is 1. The number of aromatic nitrogens is 2. The second-order valence-electron chi connectivity index (χ2n) is 6.77. The third-order valence-electron chi connectivity index (χ3n) is 4.74. The minimum absolute atomic E-state index is 0.0945. The van der Waals surface area contributed by atoms with Crippen LogP contribution in [0.1, 0.15) is 10.4 Å². The van der Waals surface area contributed by atoms with Gasteiger partial charge in [0.25, 0.3) is 5.91 Å². The van der Waals surface area contributed by atoms with Crippen molar-refractivity contribution in [1.82, 2.24) is 15.3 Å². The number of aromatic amines is 1. The summed E-state index contributed by atoms with van der Waals surface area (Å²) in [5, 5.41) is 6.17. The van der Waals surface area contributed by atoms with E-state index < -0.39 is 5.91 Å². The maximum atomic E-state index is 12.7. The van der Waals surface area contributed by atoms with Crippen LogP contribution < -0.4 is 20.1 Å². The van der Waals surface area contributed by atoms with Crippen LogP contribution in [0.15, 0.2) is 60.7 Å². The molecule has 32 heavy (non-hydrogen) atoms. The molecule has 0 bridgehead atoms. The summed E-state index contributed by atoms with van der Waals surface area (Å²) in [4.78, 5) is 20.6. The van der Waals surface area contributed by atoms with Crippen molar-refractivity contribution in [3.05, 3.63) is 71.2 Å². The molecule has 7 nitrogen and oxygen atoms in total. The maximum absolute atomic E-state index is 12.7. The fraction of sp³-hybridized carbons (Fsp3) is 0.0870. The van der Waals surface area contributed by atoms with Gasteiger partial charge in [0.05, 0.1) is 36.5 Å². The second-order valence-corrected chi connectivity index (χ2v) is 7.62. The van der Waals surface area contributed by atoms with E-state index in [9.17, 15) is 4.79 Å². The van der Waals surface area contributed by atoms with Crippen molar-refractivity contribution in [1.29, 1.82) is 0 Å². The number of fused-ring (bicyclic) bond motifs is 1. The van der Waals surface area contributed by atoms with Crippen LogP contribution in [-0.2, 0) is 0 Å². The third-order valence-corrected chi connectivity index (χ3v) is 5.18. The summed E-state index contributed by atoms with van der Waals surface area (Å²) in [5.41, 5.74) is 3.48. The zero-order chi connectivity index (χ0) is 22.7. The van der Waals surface area contributed by atoms with Gasteiger partial charge in [-0.15, -0.1) is 0 Å². The number of hydrogen-bond donors (Lipinski definition) is 3. The Morgan fingerprint density at radius 3 is 2.53 bits per heavy atom. The average Bonchev–Trinajstić information content (AvgIpc) is 3.23. The number of thiocarbonyl (C=S) groups is 1. The van der Waals surface area contributed by atoms with Gasteiger partial charge in [-0.25, -0.2) is 4.98 Å². The lowest BCUT2D eigenvalue weighted by Gasteiger charge is -2.15. The Bertz CT molecular complexity index is 1290. The number of amides is 1. The van der Waals surface area contributed by atoms with Gasteiger partial charge in [0.15, 0.2) is 5.11 Å². The highest BCUT2D eigenvalue weighted by Gasteiger charge is 2.16. The Hall–Kier alpha value is -3.62. The number of carbonyl (C=O) groups is 1. The number of nitrogens with one attached hydrogen (secondary N) is 3. The molecule has 0 spiro atoms. The highest BCUT2D eigenvalue weighted by atomic mass is 35.5. The third kappa shape index (κ3) is 4.51. The van der Waals surface area contributed by atoms with Crippen molar-refractivity contribution in [3.63, 3.8) is 0 Å². The van der Waals surface area contributed by atoms with E-state index in [0.717, 1.165) is 16.6 Å². The molecule has 3 aromatic carbocycles. The van der Waals surface area contributed by atoms with E-state index >= 15 is 0 Å². The molecule has 0 aliphatic carbocycles. The van der Waals surface area contributed by atoms with Crippen LogP contribution in [0.2, 0.25) is 5.02 Å². The summed E-state index contributed by atoms with van der Waals surface area (Å²) < 4.78 is 10.7. The molecule has 0 saturated carbocycles. The summed E-state index contributed by atoms with van der Waals surface area (Å²) in [6.07, 6.45) is 0. The van der Waals surface area contributed by atoms with Crippen LogP contribution in [0.5, 0.6) is 11.5 Å². The van der Waals surface area contributed by atoms with Gasteiger partial charge in [-0.05, 0) is 60.7 Å². The summed E-state index contributed by atoms with van der Waals surface area (Å²) >= 11 is 11.4. The number of benzene rings is 3. The Morgan fingerprint density at radius 2 is 1.78 bits per heavy atom. The van der Waals surface area contributed by atoms with Crippen molar-refractivity contribution in [3.8, 4) is 22.9 Å². The number of anilines is 1. The monoisotopic (exact) mass is 466 g/mol. The number of hydrogen-bond acceptors (Lipinski definition) is 5. The first-order chi connectivity index (χ1) is 15.5. The Kier molecular flexibility index (Phi) is 6.25. The lowest BCUT2D eigenvalue weighted by atomic mass is 10.1. The van der Waals surface area contributed by atoms with Crippen molar-refractivity contribution in [2.24, 2.45) is 0 Å². The van der Waals surface area contributed by atoms with Crippen LogP contribution in [-0.4, -0.2) is 35.2 Å². The highest BCUT2D eigenvalue weighted by molar-refractivity contribution is 7.80. The number of para-hydroxylation sites is 2. The molecule has 3 N–H and O–H groups in total. The Morgan fingerprint density at radius 1 is 1.03 bits per heavy atom. The molecule has 1 amide bonds. The molecular weight excluding hydrogens is 448 g/mol. The molecule has 0 saturated heterocycles. The van der Waals surface area contributed by atoms with Gasteiger partial charge in [-0.1, -0.05) is 23.7 Å². The molecule has 9 heteroatoms. The molecule has 0 unspecified atom stereocenters. The summed E-state index contributed by atoms with van der Waals surface area (Å²) in [5.74, 6) is 1.20. The first-order valence-corrected chi connectivity index (χ1v) is 10.4. The van der Waals surface area contributed by atoms with Crippen LogP contribution in [0, 0.1) is 0 Å². The fourth-order valence-electron chi connectivity index (χ4n) is 3.22. The van der Waals surface area contributed by atoms with Gasteiger partial charge in [0.1, 0.15) is 17.3 Å². The lowest BCUT2D eigenvalue weighted by Crippen LogP contribution is -2.34. The minimum atomic E-state index is -0.450. The van der Waals surface area contributed by atoms with Gasteiger partial charge in [-0.3, -0.25) is 10.1 Å². The van der Waals surface area contributed by atoms with E-state index in [1.54, 1.807) is 25.3 Å². The molecule has 0 fully saturated rings. The SMILES string of the molecule is COc1ccc(-c2nc3ccccc3[nH]2)cc1NC(=S)NC(=O)c1cc(Cl)ccc1OC. The topological polar surface area (TPSA) is 88.3 Å². The van der Waals surface area contributed by atoms with Gasteiger partial charge in [0, 0.05) is 10.6 Å². The first-order valence-electron chi connectivity index (χ1n) is 9.57. The molecule has 1 aromatic heterocycles. The number of rotatable bonds is 5. The van der Waals surface area contributed by atoms with E-state index in [1.807, 2.05) is 36.4 Å². The zero-order valence-electron chi connectivity index (χ0n) is 17.2. The largest absolute Gasteiger partial charge is 0.496 e. The lowest BCUT2D eigenvalue weighted by molar-refractivity contribution is 0.0974. The maximum Gasteiger partial charge on any atom is 0.261 e. The minimum Gasteiger partial charge on any atom is -0.496 e. The molecule has 162 valence electrons. The standard InChI is InChI=1S/C23H19ClN4O3S/c1-30-19-10-8-14(24)12-15(19)22(29)28-23(32)27-18-11-13(7-9-20(18)31-2)21-25-16-5-3-4-6-17(16)26-21/h3-12H,1-2H3,(H,25,26)(H2,27,28,29,32). The van der Waals surface area contributed by atoms with Crippen LogP contribution in [0.3, 0.4) is 0 Å². The zero-order valence-corrected chi connectivity index (χ0v) is 18.8. The predicted molar refractivity (Wildman–Crippen MR) is 130 cm³/mol. The van der Waals surface area contributed by atoms with E-state index in [0.29, 0.717) is 28.0 Å². The number of carbonyl (C=O) groups excluding carboxylic acids is 1. The molecule has 0 aliphatic heterocycles. The quantitative estimate of drug-likeness (QED) is 0.358. The van der Waals surface area contributed by atoms with E-state index in [4.69, 9.17) is 33.3 Å². The second kappa shape index (κ2) is 9.25. The number of halogens is 1. The molecule has 0 aliphatic rings. The highest BCUT2D eigenvalue weighted by Crippen LogP contribution is 2.30. The summed E-state index contributed by atoms with van der Waals surface area (Å²) in [6, 6.07) is 18.1. The average molecular weight is 467 g/mol. The van der Waals surface area contributed by atoms with E-state index in [1.165, 1.54) is 13.2 Å². The Balaban J connectivity index is 1.56. The number of nitrogens with zero attached hydrogens (tertiary/aromatic N) is 1. The normalized spacial score (nSPS) is 10.6.